The molecule has 0 spiro atoms. The minimum absolute atomic E-state index is 0.119. The Morgan fingerprint density at radius 1 is 1.25 bits per heavy atom. The van der Waals surface area contributed by atoms with Gasteiger partial charge in [-0.1, -0.05) is 23.7 Å². The van der Waals surface area contributed by atoms with Crippen LogP contribution in [0, 0.1) is 0 Å². The third-order valence-electron chi connectivity index (χ3n) is 4.19. The van der Waals surface area contributed by atoms with Gasteiger partial charge in [0.1, 0.15) is 0 Å². The number of rotatable bonds is 6. The number of nitrogens with zero attached hydrogens (tertiary/aromatic N) is 1. The van der Waals surface area contributed by atoms with Gasteiger partial charge < -0.3 is 14.6 Å². The van der Waals surface area contributed by atoms with Gasteiger partial charge in [0.2, 0.25) is 5.91 Å². The summed E-state index contributed by atoms with van der Waals surface area (Å²) < 4.78 is 5.01. The highest BCUT2D eigenvalue weighted by Gasteiger charge is 2.32. The number of halogens is 1. The van der Waals surface area contributed by atoms with Crippen molar-refractivity contribution in [3.63, 3.8) is 0 Å². The number of likely N-dealkylation sites (tertiary alicyclic amines) is 1. The fourth-order valence-corrected chi connectivity index (χ4v) is 2.92. The van der Waals surface area contributed by atoms with Crippen LogP contribution in [0.3, 0.4) is 0 Å². The third-order valence-corrected chi connectivity index (χ3v) is 4.44. The summed E-state index contributed by atoms with van der Waals surface area (Å²) >= 11 is 5.90. The first-order valence-corrected chi connectivity index (χ1v) is 8.39. The first kappa shape index (κ1) is 16.6. The van der Waals surface area contributed by atoms with Crippen LogP contribution < -0.4 is 5.32 Å². The van der Waals surface area contributed by atoms with E-state index in [9.17, 15) is 9.59 Å². The van der Waals surface area contributed by atoms with Gasteiger partial charge in [-0.15, -0.1) is 0 Å². The molecule has 6 heteroatoms. The van der Waals surface area contributed by atoms with E-state index >= 15 is 0 Å². The maximum Gasteiger partial charge on any atom is 0.286 e. The predicted molar refractivity (Wildman–Crippen MR) is 90.8 cm³/mol. The van der Waals surface area contributed by atoms with Crippen LogP contribution in [0.25, 0.3) is 0 Å². The van der Waals surface area contributed by atoms with Crippen molar-refractivity contribution in [1.29, 1.82) is 0 Å². The van der Waals surface area contributed by atoms with Gasteiger partial charge in [-0.05, 0) is 42.7 Å². The molecular formula is C18H19ClN2O3. The second-order valence-electron chi connectivity index (χ2n) is 5.78. The smallest absolute Gasteiger partial charge is 0.286 e. The molecule has 24 heavy (non-hydrogen) atoms. The largest absolute Gasteiger partial charge is 0.459 e. The van der Waals surface area contributed by atoms with E-state index < -0.39 is 0 Å². The molecule has 0 radical (unpaired) electrons. The molecule has 1 N–H and O–H groups in total. The molecule has 1 aliphatic heterocycles. The SMILES string of the molecule is O=C(NCCCC(=O)N1CCC1c1ccc(Cl)cc1)c1ccco1. The van der Waals surface area contributed by atoms with E-state index in [2.05, 4.69) is 5.32 Å². The summed E-state index contributed by atoms with van der Waals surface area (Å²) in [5.74, 6) is 0.149. The Morgan fingerprint density at radius 3 is 2.67 bits per heavy atom. The lowest BCUT2D eigenvalue weighted by atomic mass is 9.94. The fourth-order valence-electron chi connectivity index (χ4n) is 2.80. The lowest BCUT2D eigenvalue weighted by molar-refractivity contribution is -0.139. The predicted octanol–water partition coefficient (Wildman–Crippen LogP) is 3.42. The van der Waals surface area contributed by atoms with Crippen LogP contribution in [0.15, 0.2) is 47.1 Å². The summed E-state index contributed by atoms with van der Waals surface area (Å²) in [6.45, 7) is 1.23. The first-order chi connectivity index (χ1) is 11.6. The summed E-state index contributed by atoms with van der Waals surface area (Å²) in [5, 5.41) is 3.44. The van der Waals surface area contributed by atoms with E-state index in [0.717, 1.165) is 18.5 Å². The summed E-state index contributed by atoms with van der Waals surface area (Å²) in [5.41, 5.74) is 1.12. The Balaban J connectivity index is 1.42. The van der Waals surface area contributed by atoms with Crippen molar-refractivity contribution < 1.29 is 14.0 Å². The summed E-state index contributed by atoms with van der Waals surface area (Å²) in [6, 6.07) is 11.1. The monoisotopic (exact) mass is 346 g/mol. The molecule has 2 amide bonds. The minimum atomic E-state index is -0.254. The second-order valence-corrected chi connectivity index (χ2v) is 6.22. The number of carbonyl (C=O) groups is 2. The zero-order valence-electron chi connectivity index (χ0n) is 13.2. The molecule has 1 saturated heterocycles. The second kappa shape index (κ2) is 7.53. The van der Waals surface area contributed by atoms with Gasteiger partial charge in [0.25, 0.3) is 5.91 Å². The molecule has 1 fully saturated rings. The van der Waals surface area contributed by atoms with Crippen molar-refractivity contribution >= 4 is 23.4 Å². The van der Waals surface area contributed by atoms with Gasteiger partial charge in [0.05, 0.1) is 12.3 Å². The molecule has 1 aromatic heterocycles. The Hall–Kier alpha value is -2.27. The van der Waals surface area contributed by atoms with Gasteiger partial charge in [0, 0.05) is 24.5 Å². The van der Waals surface area contributed by atoms with Crippen LogP contribution in [0.2, 0.25) is 5.02 Å². The zero-order valence-corrected chi connectivity index (χ0v) is 14.0. The molecule has 0 saturated carbocycles. The molecule has 1 unspecified atom stereocenters. The topological polar surface area (TPSA) is 62.6 Å². The number of amides is 2. The van der Waals surface area contributed by atoms with Crippen molar-refractivity contribution in [2.45, 2.75) is 25.3 Å². The molecule has 0 bridgehead atoms. The van der Waals surface area contributed by atoms with E-state index in [1.807, 2.05) is 29.2 Å². The Labute approximate surface area is 145 Å². The van der Waals surface area contributed by atoms with E-state index in [0.29, 0.717) is 24.4 Å². The van der Waals surface area contributed by atoms with Gasteiger partial charge in [-0.2, -0.15) is 0 Å². The third kappa shape index (κ3) is 3.79. The molecule has 5 nitrogen and oxygen atoms in total. The number of nitrogens with one attached hydrogen (secondary N) is 1. The normalized spacial score (nSPS) is 16.5. The average Bonchev–Trinajstić information content (AvgIpc) is 3.07. The highest BCUT2D eigenvalue weighted by atomic mass is 35.5. The fraction of sp³-hybridized carbons (Fsp3) is 0.333. The molecule has 126 valence electrons. The minimum Gasteiger partial charge on any atom is -0.459 e. The number of furan rings is 1. The van der Waals surface area contributed by atoms with Crippen molar-refractivity contribution in [1.82, 2.24) is 10.2 Å². The molecule has 2 aromatic rings. The van der Waals surface area contributed by atoms with Crippen molar-refractivity contribution in [3.8, 4) is 0 Å². The average molecular weight is 347 g/mol. The lowest BCUT2D eigenvalue weighted by Crippen LogP contribution is -2.45. The van der Waals surface area contributed by atoms with Crippen molar-refractivity contribution in [3.05, 3.63) is 59.0 Å². The summed E-state index contributed by atoms with van der Waals surface area (Å²) in [7, 11) is 0. The molecule has 1 atom stereocenters. The molecule has 0 aliphatic carbocycles. The summed E-state index contributed by atoms with van der Waals surface area (Å²) in [4.78, 5) is 25.9. The van der Waals surface area contributed by atoms with Crippen LogP contribution in [0.5, 0.6) is 0 Å². The molecule has 3 rings (SSSR count). The molecular weight excluding hydrogens is 328 g/mol. The quantitative estimate of drug-likeness (QED) is 0.815. The molecule has 2 heterocycles. The van der Waals surface area contributed by atoms with Crippen molar-refractivity contribution in [2.24, 2.45) is 0 Å². The number of hydrogen-bond acceptors (Lipinski definition) is 3. The number of benzene rings is 1. The highest BCUT2D eigenvalue weighted by Crippen LogP contribution is 2.34. The molecule has 1 aliphatic rings. The van der Waals surface area contributed by atoms with Gasteiger partial charge >= 0.3 is 0 Å². The first-order valence-electron chi connectivity index (χ1n) is 8.02. The van der Waals surface area contributed by atoms with Crippen LogP contribution >= 0.6 is 11.6 Å². The van der Waals surface area contributed by atoms with E-state index in [4.69, 9.17) is 16.0 Å². The van der Waals surface area contributed by atoms with Crippen LogP contribution in [0.1, 0.15) is 41.4 Å². The zero-order chi connectivity index (χ0) is 16.9. The molecule has 1 aromatic carbocycles. The van der Waals surface area contributed by atoms with Crippen LogP contribution in [-0.4, -0.2) is 29.8 Å². The maximum absolute atomic E-state index is 12.3. The maximum atomic E-state index is 12.3. The summed E-state index contributed by atoms with van der Waals surface area (Å²) in [6.07, 6.45) is 3.46. The highest BCUT2D eigenvalue weighted by molar-refractivity contribution is 6.30. The Bertz CT molecular complexity index is 698. The van der Waals surface area contributed by atoms with E-state index in [1.165, 1.54) is 6.26 Å². The number of carbonyl (C=O) groups excluding carboxylic acids is 2. The van der Waals surface area contributed by atoms with Gasteiger partial charge in [0.15, 0.2) is 5.76 Å². The van der Waals surface area contributed by atoms with Crippen molar-refractivity contribution in [2.75, 3.05) is 13.1 Å². The Kier molecular flexibility index (Phi) is 5.20. The lowest BCUT2D eigenvalue weighted by Gasteiger charge is -2.41. The standard InChI is InChI=1S/C18H19ClN2O3/c19-14-7-5-13(6-8-14)15-9-11-21(15)17(22)4-1-10-20-18(23)16-3-2-12-24-16/h2-3,5-8,12,15H,1,4,9-11H2,(H,20,23). The van der Waals surface area contributed by atoms with Gasteiger partial charge in [-0.25, -0.2) is 0 Å². The van der Waals surface area contributed by atoms with E-state index in [-0.39, 0.29) is 23.6 Å². The Morgan fingerprint density at radius 2 is 2.04 bits per heavy atom. The number of hydrogen-bond donors (Lipinski definition) is 1. The van der Waals surface area contributed by atoms with Crippen LogP contribution in [0.4, 0.5) is 0 Å². The van der Waals surface area contributed by atoms with Gasteiger partial charge in [-0.3, -0.25) is 9.59 Å². The van der Waals surface area contributed by atoms with Crippen LogP contribution in [-0.2, 0) is 4.79 Å². The van der Waals surface area contributed by atoms with E-state index in [1.54, 1.807) is 12.1 Å².